The Hall–Kier alpha value is -2.17. The van der Waals surface area contributed by atoms with Gasteiger partial charge in [0, 0.05) is 6.42 Å². The van der Waals surface area contributed by atoms with Crippen molar-refractivity contribution < 1.29 is 19.7 Å². The summed E-state index contributed by atoms with van der Waals surface area (Å²) < 4.78 is 5.47. The van der Waals surface area contributed by atoms with E-state index < -0.39 is 18.1 Å². The van der Waals surface area contributed by atoms with Crippen molar-refractivity contribution in [3.8, 4) is 0 Å². The van der Waals surface area contributed by atoms with Crippen LogP contribution in [0.4, 0.5) is 0 Å². The monoisotopic (exact) mass is 354 g/mol. The molecule has 4 heteroatoms. The van der Waals surface area contributed by atoms with Crippen LogP contribution in [0.15, 0.2) is 60.7 Å². The molecule has 0 aromatic heterocycles. The quantitative estimate of drug-likeness (QED) is 0.782. The molecule has 138 valence electrons. The summed E-state index contributed by atoms with van der Waals surface area (Å²) in [6, 6.07) is 19.6. The van der Waals surface area contributed by atoms with E-state index in [1.807, 2.05) is 48.5 Å². The van der Waals surface area contributed by atoms with Gasteiger partial charge < -0.3 is 14.9 Å². The molecule has 2 aromatic rings. The highest BCUT2D eigenvalue weighted by Crippen LogP contribution is 2.35. The molecule has 0 bridgehead atoms. The third-order valence-corrected chi connectivity index (χ3v) is 5.15. The Morgan fingerprint density at radius 3 is 2.19 bits per heavy atom. The van der Waals surface area contributed by atoms with Crippen LogP contribution in [0.25, 0.3) is 0 Å². The zero-order valence-corrected chi connectivity index (χ0v) is 14.8. The van der Waals surface area contributed by atoms with Gasteiger partial charge in [0.25, 0.3) is 0 Å². The molecule has 4 atom stereocenters. The van der Waals surface area contributed by atoms with Crippen LogP contribution < -0.4 is 0 Å². The molecule has 0 heterocycles. The lowest BCUT2D eigenvalue weighted by molar-refractivity contribution is -0.161. The molecule has 2 aromatic carbocycles. The van der Waals surface area contributed by atoms with Gasteiger partial charge in [0.05, 0.1) is 18.1 Å². The van der Waals surface area contributed by atoms with E-state index in [1.54, 1.807) is 0 Å². The minimum absolute atomic E-state index is 0.0859. The molecule has 1 fully saturated rings. The van der Waals surface area contributed by atoms with E-state index in [-0.39, 0.29) is 24.9 Å². The molecule has 1 saturated carbocycles. The fourth-order valence-electron chi connectivity index (χ4n) is 3.80. The summed E-state index contributed by atoms with van der Waals surface area (Å²) >= 11 is 0. The minimum Gasteiger partial charge on any atom is -0.461 e. The number of rotatable bonds is 6. The van der Waals surface area contributed by atoms with E-state index in [0.29, 0.717) is 6.42 Å². The Morgan fingerprint density at radius 1 is 0.923 bits per heavy atom. The van der Waals surface area contributed by atoms with E-state index in [4.69, 9.17) is 4.74 Å². The maximum atomic E-state index is 12.6. The number of hydrogen-bond acceptors (Lipinski definition) is 4. The van der Waals surface area contributed by atoms with E-state index in [2.05, 4.69) is 12.1 Å². The van der Waals surface area contributed by atoms with Crippen molar-refractivity contribution >= 4 is 5.97 Å². The van der Waals surface area contributed by atoms with Crippen LogP contribution in [0.3, 0.4) is 0 Å². The zero-order chi connectivity index (χ0) is 18.4. The Labute approximate surface area is 154 Å². The van der Waals surface area contributed by atoms with Gasteiger partial charge in [-0.2, -0.15) is 0 Å². The van der Waals surface area contributed by atoms with Crippen molar-refractivity contribution in [1.29, 1.82) is 0 Å². The van der Waals surface area contributed by atoms with Crippen LogP contribution in [0.2, 0.25) is 0 Å². The second-order valence-corrected chi connectivity index (χ2v) is 7.10. The number of ether oxygens (including phenoxy) is 1. The van der Waals surface area contributed by atoms with E-state index in [1.165, 1.54) is 5.56 Å². The molecule has 2 N–H and O–H groups in total. The lowest BCUT2D eigenvalue weighted by atomic mass is 9.73. The van der Waals surface area contributed by atoms with Gasteiger partial charge in [0.2, 0.25) is 0 Å². The van der Waals surface area contributed by atoms with Gasteiger partial charge in [-0.3, -0.25) is 4.79 Å². The van der Waals surface area contributed by atoms with Crippen molar-refractivity contribution in [2.45, 2.75) is 44.5 Å². The summed E-state index contributed by atoms with van der Waals surface area (Å²) in [7, 11) is 0. The first-order valence-corrected chi connectivity index (χ1v) is 9.24. The molecule has 0 spiro atoms. The largest absolute Gasteiger partial charge is 0.461 e. The minimum atomic E-state index is -0.859. The topological polar surface area (TPSA) is 66.8 Å². The van der Waals surface area contributed by atoms with Crippen molar-refractivity contribution in [2.24, 2.45) is 11.8 Å². The summed E-state index contributed by atoms with van der Waals surface area (Å²) in [5.74, 6) is -1.03. The molecule has 0 amide bonds. The average Bonchev–Trinajstić information content (AvgIpc) is 2.66. The standard InChI is InChI=1S/C22H26O4/c23-19-13-18(12-11-16-7-3-1-4-8-16)21(20(24)14-19)22(25)26-15-17-9-5-2-6-10-17/h1-10,18-21,23-24H,11-15H2. The van der Waals surface area contributed by atoms with Crippen LogP contribution in [0.1, 0.15) is 30.4 Å². The molecular weight excluding hydrogens is 328 g/mol. The number of carbonyl (C=O) groups is 1. The number of aliphatic hydroxyl groups is 2. The van der Waals surface area contributed by atoms with Crippen molar-refractivity contribution in [1.82, 2.24) is 0 Å². The maximum absolute atomic E-state index is 12.6. The zero-order valence-electron chi connectivity index (χ0n) is 14.8. The number of aliphatic hydroxyl groups excluding tert-OH is 2. The first-order valence-electron chi connectivity index (χ1n) is 9.24. The van der Waals surface area contributed by atoms with Gasteiger partial charge >= 0.3 is 5.97 Å². The summed E-state index contributed by atoms with van der Waals surface area (Å²) in [5.41, 5.74) is 2.12. The first kappa shape index (κ1) is 18.6. The maximum Gasteiger partial charge on any atom is 0.312 e. The average molecular weight is 354 g/mol. The summed E-state index contributed by atoms with van der Waals surface area (Å²) in [5, 5.41) is 20.5. The number of benzene rings is 2. The summed E-state index contributed by atoms with van der Waals surface area (Å²) in [6.45, 7) is 0.205. The van der Waals surface area contributed by atoms with Crippen LogP contribution in [-0.4, -0.2) is 28.4 Å². The SMILES string of the molecule is O=C(OCc1ccccc1)C1C(O)CC(O)CC1CCc1ccccc1. The van der Waals surface area contributed by atoms with Gasteiger partial charge in [0.15, 0.2) is 0 Å². The molecule has 1 aliphatic carbocycles. The number of carbonyl (C=O) groups excluding carboxylic acids is 1. The fraction of sp³-hybridized carbons (Fsp3) is 0.409. The Morgan fingerprint density at radius 2 is 1.54 bits per heavy atom. The molecule has 4 unspecified atom stereocenters. The predicted octanol–water partition coefficient (Wildman–Crippen LogP) is 3.11. The second-order valence-electron chi connectivity index (χ2n) is 7.10. The number of esters is 1. The fourth-order valence-corrected chi connectivity index (χ4v) is 3.80. The molecule has 0 aliphatic heterocycles. The third kappa shape index (κ3) is 4.93. The van der Waals surface area contributed by atoms with Crippen molar-refractivity contribution in [2.75, 3.05) is 0 Å². The Bertz CT molecular complexity index is 686. The third-order valence-electron chi connectivity index (χ3n) is 5.15. The summed E-state index contributed by atoms with van der Waals surface area (Å²) in [4.78, 5) is 12.6. The van der Waals surface area contributed by atoms with E-state index >= 15 is 0 Å². The van der Waals surface area contributed by atoms with Crippen LogP contribution in [0, 0.1) is 11.8 Å². The Balaban J connectivity index is 1.63. The van der Waals surface area contributed by atoms with Gasteiger partial charge in [0.1, 0.15) is 6.61 Å². The first-order chi connectivity index (χ1) is 12.6. The highest BCUT2D eigenvalue weighted by atomic mass is 16.5. The lowest BCUT2D eigenvalue weighted by Crippen LogP contribution is -2.44. The summed E-state index contributed by atoms with van der Waals surface area (Å²) in [6.07, 6.45) is 0.880. The molecular formula is C22H26O4. The van der Waals surface area contributed by atoms with Gasteiger partial charge in [-0.1, -0.05) is 60.7 Å². The number of aryl methyl sites for hydroxylation is 1. The molecule has 1 aliphatic rings. The molecule has 0 saturated heterocycles. The van der Waals surface area contributed by atoms with Gasteiger partial charge in [-0.15, -0.1) is 0 Å². The van der Waals surface area contributed by atoms with E-state index in [9.17, 15) is 15.0 Å². The van der Waals surface area contributed by atoms with Crippen molar-refractivity contribution in [3.05, 3.63) is 71.8 Å². The molecule has 26 heavy (non-hydrogen) atoms. The van der Waals surface area contributed by atoms with Crippen LogP contribution in [-0.2, 0) is 22.6 Å². The van der Waals surface area contributed by atoms with Crippen molar-refractivity contribution in [3.63, 3.8) is 0 Å². The Kier molecular flexibility index (Phi) is 6.42. The molecule has 0 radical (unpaired) electrons. The lowest BCUT2D eigenvalue weighted by Gasteiger charge is -2.36. The van der Waals surface area contributed by atoms with Crippen LogP contribution in [0.5, 0.6) is 0 Å². The van der Waals surface area contributed by atoms with Crippen LogP contribution >= 0.6 is 0 Å². The highest BCUT2D eigenvalue weighted by Gasteiger charge is 2.41. The smallest absolute Gasteiger partial charge is 0.312 e. The number of hydrogen-bond donors (Lipinski definition) is 2. The van der Waals surface area contributed by atoms with Gasteiger partial charge in [-0.25, -0.2) is 0 Å². The molecule has 3 rings (SSSR count). The normalized spacial score (nSPS) is 25.6. The van der Waals surface area contributed by atoms with E-state index in [0.717, 1.165) is 18.4 Å². The van der Waals surface area contributed by atoms with Gasteiger partial charge in [-0.05, 0) is 36.3 Å². The predicted molar refractivity (Wildman–Crippen MR) is 99.2 cm³/mol. The second kappa shape index (κ2) is 8.97. The highest BCUT2D eigenvalue weighted by molar-refractivity contribution is 5.73. The molecule has 4 nitrogen and oxygen atoms in total.